The number of benzene rings is 2. The van der Waals surface area contributed by atoms with Crippen molar-refractivity contribution in [3.05, 3.63) is 90.3 Å². The molecule has 0 aliphatic rings. The number of nitrogens with zero attached hydrogens (tertiary/aromatic N) is 2. The third kappa shape index (κ3) is 5.41. The number of methoxy groups -OCH3 is 1. The summed E-state index contributed by atoms with van der Waals surface area (Å²) >= 11 is 0. The minimum absolute atomic E-state index is 0.0805. The Bertz CT molecular complexity index is 869. The number of carbonyl (C=O) groups is 1. The maximum absolute atomic E-state index is 13.3. The summed E-state index contributed by atoms with van der Waals surface area (Å²) in [7, 11) is 1.69. The molecule has 0 bridgehead atoms. The molecule has 0 aliphatic carbocycles. The molecular weight excluding hydrogens is 350 g/mol. The van der Waals surface area contributed by atoms with Gasteiger partial charge < -0.3 is 15.0 Å². The molecular formula is C23H25N3O2. The van der Waals surface area contributed by atoms with Crippen LogP contribution in [0, 0.1) is 0 Å². The zero-order valence-electron chi connectivity index (χ0n) is 16.0. The van der Waals surface area contributed by atoms with Gasteiger partial charge in [-0.3, -0.25) is 9.78 Å². The minimum atomic E-state index is -0.0805. The summed E-state index contributed by atoms with van der Waals surface area (Å²) in [6, 6.07) is 21.5. The number of para-hydroxylation sites is 1. The Balaban J connectivity index is 1.81. The Hall–Kier alpha value is -3.18. The molecule has 3 rings (SSSR count). The number of aromatic nitrogens is 1. The Morgan fingerprint density at radius 2 is 1.75 bits per heavy atom. The lowest BCUT2D eigenvalue weighted by Gasteiger charge is -2.23. The lowest BCUT2D eigenvalue weighted by Crippen LogP contribution is -2.30. The third-order valence-electron chi connectivity index (χ3n) is 4.34. The highest BCUT2D eigenvalue weighted by Crippen LogP contribution is 2.21. The number of carbonyl (C=O) groups excluding carboxylic acids is 1. The van der Waals surface area contributed by atoms with Crippen molar-refractivity contribution in [2.45, 2.75) is 13.0 Å². The van der Waals surface area contributed by atoms with Gasteiger partial charge in [-0.05, 0) is 30.2 Å². The first-order valence-corrected chi connectivity index (χ1v) is 9.36. The van der Waals surface area contributed by atoms with E-state index in [1.54, 1.807) is 24.4 Å². The van der Waals surface area contributed by atoms with Crippen molar-refractivity contribution in [1.29, 1.82) is 0 Å². The fourth-order valence-corrected chi connectivity index (χ4v) is 2.91. The Morgan fingerprint density at radius 1 is 1.04 bits per heavy atom. The van der Waals surface area contributed by atoms with Gasteiger partial charge in [0.2, 0.25) is 0 Å². The van der Waals surface area contributed by atoms with E-state index >= 15 is 0 Å². The molecule has 3 aromatic rings. The normalized spacial score (nSPS) is 10.5. The molecule has 5 heteroatoms. The van der Waals surface area contributed by atoms with Gasteiger partial charge in [0.1, 0.15) is 0 Å². The number of ether oxygens (including phenoxy) is 1. The molecule has 1 N–H and O–H groups in total. The molecule has 1 amide bonds. The van der Waals surface area contributed by atoms with E-state index in [2.05, 4.69) is 10.3 Å². The van der Waals surface area contributed by atoms with Gasteiger partial charge in [-0.1, -0.05) is 48.5 Å². The van der Waals surface area contributed by atoms with E-state index in [-0.39, 0.29) is 5.91 Å². The number of anilines is 2. The summed E-state index contributed by atoms with van der Waals surface area (Å²) in [4.78, 5) is 19.3. The van der Waals surface area contributed by atoms with Gasteiger partial charge in [-0.25, -0.2) is 0 Å². The Kier molecular flexibility index (Phi) is 7.15. The first-order valence-electron chi connectivity index (χ1n) is 9.36. The van der Waals surface area contributed by atoms with E-state index in [0.717, 1.165) is 29.9 Å². The van der Waals surface area contributed by atoms with E-state index < -0.39 is 0 Å². The van der Waals surface area contributed by atoms with Crippen molar-refractivity contribution in [3.8, 4) is 0 Å². The number of amides is 1. The van der Waals surface area contributed by atoms with Crippen molar-refractivity contribution in [1.82, 2.24) is 4.98 Å². The molecule has 0 atom stereocenters. The average molecular weight is 375 g/mol. The van der Waals surface area contributed by atoms with Gasteiger partial charge in [-0.2, -0.15) is 0 Å². The summed E-state index contributed by atoms with van der Waals surface area (Å²) in [6.45, 7) is 1.95. The largest absolute Gasteiger partial charge is 0.385 e. The van der Waals surface area contributed by atoms with Gasteiger partial charge >= 0.3 is 0 Å². The molecule has 144 valence electrons. The summed E-state index contributed by atoms with van der Waals surface area (Å²) in [6.07, 6.45) is 4.23. The highest BCUT2D eigenvalue weighted by molar-refractivity contribution is 6.06. The van der Waals surface area contributed by atoms with Crippen LogP contribution in [0.2, 0.25) is 0 Å². The van der Waals surface area contributed by atoms with E-state index in [0.29, 0.717) is 18.7 Å². The second-order valence-corrected chi connectivity index (χ2v) is 6.45. The number of rotatable bonds is 9. The second-order valence-electron chi connectivity index (χ2n) is 6.45. The van der Waals surface area contributed by atoms with Crippen molar-refractivity contribution >= 4 is 17.3 Å². The van der Waals surface area contributed by atoms with Crippen LogP contribution >= 0.6 is 0 Å². The molecule has 28 heavy (non-hydrogen) atoms. The van der Waals surface area contributed by atoms with E-state index in [4.69, 9.17) is 4.74 Å². The Labute approximate surface area is 166 Å². The fourth-order valence-electron chi connectivity index (χ4n) is 2.91. The van der Waals surface area contributed by atoms with E-state index in [1.807, 2.05) is 66.7 Å². The highest BCUT2D eigenvalue weighted by atomic mass is 16.5. The smallest absolute Gasteiger partial charge is 0.260 e. The molecule has 5 nitrogen and oxygen atoms in total. The van der Waals surface area contributed by atoms with Crippen LogP contribution in [0.1, 0.15) is 22.3 Å². The third-order valence-corrected chi connectivity index (χ3v) is 4.34. The van der Waals surface area contributed by atoms with E-state index in [9.17, 15) is 4.79 Å². The van der Waals surface area contributed by atoms with Gasteiger partial charge in [0.15, 0.2) is 0 Å². The molecule has 0 saturated heterocycles. The first kappa shape index (κ1) is 19.6. The van der Waals surface area contributed by atoms with Crippen LogP contribution in [0.5, 0.6) is 0 Å². The lowest BCUT2D eigenvalue weighted by molar-refractivity contribution is 0.0985. The number of nitrogens with one attached hydrogen (secondary N) is 1. The van der Waals surface area contributed by atoms with Crippen LogP contribution in [-0.2, 0) is 11.3 Å². The van der Waals surface area contributed by atoms with Crippen molar-refractivity contribution < 1.29 is 9.53 Å². The molecule has 0 aliphatic heterocycles. The molecule has 1 aromatic heterocycles. The average Bonchev–Trinajstić information content (AvgIpc) is 2.76. The predicted octanol–water partition coefficient (Wildman–Crippen LogP) is 4.38. The standard InChI is InChI=1S/C23H25N3O2/c1-28-14-8-13-25-21-15-20(16-24-17-21)23(27)26(22-11-6-3-7-12-22)18-19-9-4-2-5-10-19/h2-7,9-12,15-17,25H,8,13-14,18H2,1H3. The van der Waals surface area contributed by atoms with Crippen molar-refractivity contribution in [3.63, 3.8) is 0 Å². The maximum Gasteiger partial charge on any atom is 0.260 e. The van der Waals surface area contributed by atoms with Crippen LogP contribution in [0.15, 0.2) is 79.1 Å². The Morgan fingerprint density at radius 3 is 2.46 bits per heavy atom. The van der Waals surface area contributed by atoms with Crippen molar-refractivity contribution in [2.75, 3.05) is 30.5 Å². The van der Waals surface area contributed by atoms with Gasteiger partial charge in [-0.15, -0.1) is 0 Å². The molecule has 2 aromatic carbocycles. The van der Waals surface area contributed by atoms with E-state index in [1.165, 1.54) is 0 Å². The quantitative estimate of drug-likeness (QED) is 0.564. The number of hydrogen-bond donors (Lipinski definition) is 1. The van der Waals surface area contributed by atoms with Gasteiger partial charge in [0, 0.05) is 38.3 Å². The lowest BCUT2D eigenvalue weighted by atomic mass is 10.1. The molecule has 0 radical (unpaired) electrons. The molecule has 0 saturated carbocycles. The zero-order valence-corrected chi connectivity index (χ0v) is 16.0. The summed E-state index contributed by atoms with van der Waals surface area (Å²) in [5.74, 6) is -0.0805. The second kappa shape index (κ2) is 10.2. The maximum atomic E-state index is 13.3. The van der Waals surface area contributed by atoms with Crippen LogP contribution in [0.4, 0.5) is 11.4 Å². The number of pyridine rings is 1. The molecule has 1 heterocycles. The summed E-state index contributed by atoms with van der Waals surface area (Å²) in [5, 5.41) is 3.29. The minimum Gasteiger partial charge on any atom is -0.385 e. The number of hydrogen-bond acceptors (Lipinski definition) is 4. The van der Waals surface area contributed by atoms with Crippen LogP contribution < -0.4 is 10.2 Å². The highest BCUT2D eigenvalue weighted by Gasteiger charge is 2.19. The predicted molar refractivity (Wildman–Crippen MR) is 113 cm³/mol. The molecule has 0 fully saturated rings. The van der Waals surface area contributed by atoms with Gasteiger partial charge in [0.05, 0.1) is 17.8 Å². The topological polar surface area (TPSA) is 54.5 Å². The molecule has 0 spiro atoms. The SMILES string of the molecule is COCCCNc1cncc(C(=O)N(Cc2ccccc2)c2ccccc2)c1. The first-order chi connectivity index (χ1) is 13.8. The van der Waals surface area contributed by atoms with Crippen LogP contribution in [-0.4, -0.2) is 31.2 Å². The van der Waals surface area contributed by atoms with Crippen molar-refractivity contribution in [2.24, 2.45) is 0 Å². The summed E-state index contributed by atoms with van der Waals surface area (Å²) < 4.78 is 5.06. The summed E-state index contributed by atoms with van der Waals surface area (Å²) in [5.41, 5.74) is 3.31. The fraction of sp³-hybridized carbons (Fsp3) is 0.217. The monoisotopic (exact) mass is 375 g/mol. The van der Waals surface area contributed by atoms with Crippen LogP contribution in [0.3, 0.4) is 0 Å². The van der Waals surface area contributed by atoms with Gasteiger partial charge in [0.25, 0.3) is 5.91 Å². The zero-order chi connectivity index (χ0) is 19.6. The van der Waals surface area contributed by atoms with Crippen LogP contribution in [0.25, 0.3) is 0 Å². The molecule has 0 unspecified atom stereocenters.